The first-order chi connectivity index (χ1) is 11.7. The van der Waals surface area contributed by atoms with Gasteiger partial charge in [0.2, 0.25) is 15.9 Å². The Balaban J connectivity index is 1.93. The van der Waals surface area contributed by atoms with Crippen molar-refractivity contribution in [2.75, 3.05) is 19.6 Å². The van der Waals surface area contributed by atoms with Gasteiger partial charge in [0.1, 0.15) is 0 Å². The molecule has 138 valence electrons. The van der Waals surface area contributed by atoms with Crippen molar-refractivity contribution in [1.29, 1.82) is 0 Å². The lowest BCUT2D eigenvalue weighted by atomic mass is 10.1. The monoisotopic (exact) mass is 370 g/mol. The van der Waals surface area contributed by atoms with E-state index < -0.39 is 14.9 Å². The Morgan fingerprint density at radius 1 is 1.48 bits per heavy atom. The van der Waals surface area contributed by atoms with Crippen molar-refractivity contribution in [2.24, 2.45) is 11.7 Å². The first-order valence-electron chi connectivity index (χ1n) is 7.98. The number of non-ortho nitro benzene ring substituents is 1. The molecule has 1 saturated heterocycles. The molecule has 1 heterocycles. The van der Waals surface area contributed by atoms with E-state index in [1.807, 2.05) is 6.92 Å². The van der Waals surface area contributed by atoms with Gasteiger partial charge in [-0.05, 0) is 31.9 Å². The number of nitrogens with two attached hydrogens (primary N) is 1. The lowest BCUT2D eigenvalue weighted by Crippen LogP contribution is -2.37. The molecule has 1 amide bonds. The van der Waals surface area contributed by atoms with Gasteiger partial charge >= 0.3 is 0 Å². The molecule has 3 N–H and O–H groups in total. The average molecular weight is 370 g/mol. The number of nitrogens with one attached hydrogen (secondary N) is 1. The number of nitro groups is 1. The third-order valence-electron chi connectivity index (χ3n) is 4.28. The SMILES string of the molecule is CC1CC(CN)CN1C(=O)CCNS(=O)(=O)c1cccc([N+](=O)[O-])c1. The van der Waals surface area contributed by atoms with Crippen LogP contribution in [-0.2, 0) is 14.8 Å². The summed E-state index contributed by atoms with van der Waals surface area (Å²) in [5.74, 6) is 0.144. The van der Waals surface area contributed by atoms with E-state index in [-0.39, 0.29) is 41.4 Å². The van der Waals surface area contributed by atoms with Crippen molar-refractivity contribution < 1.29 is 18.1 Å². The van der Waals surface area contributed by atoms with Crippen LogP contribution in [0.4, 0.5) is 5.69 Å². The van der Waals surface area contributed by atoms with Crippen molar-refractivity contribution in [1.82, 2.24) is 9.62 Å². The molecule has 0 spiro atoms. The van der Waals surface area contributed by atoms with Crippen LogP contribution in [0, 0.1) is 16.0 Å². The molecule has 25 heavy (non-hydrogen) atoms. The highest BCUT2D eigenvalue weighted by Crippen LogP contribution is 2.22. The summed E-state index contributed by atoms with van der Waals surface area (Å²) < 4.78 is 26.7. The van der Waals surface area contributed by atoms with Gasteiger partial charge in [0, 0.05) is 37.7 Å². The molecule has 1 aromatic carbocycles. The fourth-order valence-corrected chi connectivity index (χ4v) is 4.02. The largest absolute Gasteiger partial charge is 0.340 e. The number of likely N-dealkylation sites (tertiary alicyclic amines) is 1. The molecule has 0 aliphatic carbocycles. The van der Waals surface area contributed by atoms with E-state index in [9.17, 15) is 23.3 Å². The Morgan fingerprint density at radius 2 is 2.20 bits per heavy atom. The van der Waals surface area contributed by atoms with Gasteiger partial charge in [-0.3, -0.25) is 14.9 Å². The maximum Gasteiger partial charge on any atom is 0.270 e. The van der Waals surface area contributed by atoms with Crippen LogP contribution >= 0.6 is 0 Å². The van der Waals surface area contributed by atoms with E-state index in [4.69, 9.17) is 5.73 Å². The predicted molar refractivity (Wildman–Crippen MR) is 91.2 cm³/mol. The van der Waals surface area contributed by atoms with Crippen LogP contribution in [0.3, 0.4) is 0 Å². The Kier molecular flexibility index (Phi) is 6.09. The fraction of sp³-hybridized carbons (Fsp3) is 0.533. The van der Waals surface area contributed by atoms with Crippen molar-refractivity contribution >= 4 is 21.6 Å². The third kappa shape index (κ3) is 4.74. The molecule has 10 heteroatoms. The molecule has 2 rings (SSSR count). The van der Waals surface area contributed by atoms with Crippen LogP contribution in [0.5, 0.6) is 0 Å². The molecule has 1 aliphatic heterocycles. The molecule has 0 bridgehead atoms. The second kappa shape index (κ2) is 7.89. The maximum absolute atomic E-state index is 12.2. The summed E-state index contributed by atoms with van der Waals surface area (Å²) in [5.41, 5.74) is 5.33. The van der Waals surface area contributed by atoms with Crippen LogP contribution in [0.2, 0.25) is 0 Å². The van der Waals surface area contributed by atoms with Gasteiger partial charge in [-0.1, -0.05) is 6.07 Å². The molecular weight excluding hydrogens is 348 g/mol. The summed E-state index contributed by atoms with van der Waals surface area (Å²) in [4.78, 5) is 23.8. The molecule has 0 aromatic heterocycles. The van der Waals surface area contributed by atoms with E-state index in [2.05, 4.69) is 4.72 Å². The molecule has 1 aromatic rings. The fourth-order valence-electron chi connectivity index (χ4n) is 2.94. The van der Waals surface area contributed by atoms with E-state index in [0.717, 1.165) is 12.5 Å². The van der Waals surface area contributed by atoms with Gasteiger partial charge in [0.15, 0.2) is 0 Å². The normalized spacial score (nSPS) is 20.6. The van der Waals surface area contributed by atoms with Crippen LogP contribution in [0.25, 0.3) is 0 Å². The molecule has 9 nitrogen and oxygen atoms in total. The Labute approximate surface area is 146 Å². The topological polar surface area (TPSA) is 136 Å². The number of carbonyl (C=O) groups is 1. The number of sulfonamides is 1. The Bertz CT molecular complexity index is 752. The Hall–Kier alpha value is -2.04. The minimum absolute atomic E-state index is 0.0236. The zero-order valence-corrected chi connectivity index (χ0v) is 14.7. The number of carbonyl (C=O) groups excluding carboxylic acids is 1. The van der Waals surface area contributed by atoms with Crippen molar-refractivity contribution in [2.45, 2.75) is 30.7 Å². The standard InChI is InChI=1S/C15H22N4O5S/c1-11-7-12(9-16)10-18(11)15(20)5-6-17-25(23,24)14-4-2-3-13(8-14)19(21)22/h2-4,8,11-12,17H,5-7,9-10,16H2,1H3. The summed E-state index contributed by atoms with van der Waals surface area (Å²) in [6, 6.07) is 4.86. The van der Waals surface area contributed by atoms with Gasteiger partial charge in [-0.25, -0.2) is 13.1 Å². The molecule has 2 atom stereocenters. The summed E-state index contributed by atoms with van der Waals surface area (Å²) in [5, 5.41) is 10.7. The molecule has 1 aliphatic rings. The molecule has 1 fully saturated rings. The zero-order chi connectivity index (χ0) is 18.6. The zero-order valence-electron chi connectivity index (χ0n) is 13.9. The van der Waals surface area contributed by atoms with Gasteiger partial charge in [0.05, 0.1) is 9.82 Å². The van der Waals surface area contributed by atoms with E-state index in [1.165, 1.54) is 18.2 Å². The summed E-state index contributed by atoms with van der Waals surface area (Å²) in [6.45, 7) is 2.99. The van der Waals surface area contributed by atoms with Gasteiger partial charge in [-0.15, -0.1) is 0 Å². The lowest BCUT2D eigenvalue weighted by Gasteiger charge is -2.21. The lowest BCUT2D eigenvalue weighted by molar-refractivity contribution is -0.385. The molecule has 0 radical (unpaired) electrons. The smallest absolute Gasteiger partial charge is 0.270 e. The number of hydrogen-bond acceptors (Lipinski definition) is 6. The van der Waals surface area contributed by atoms with Crippen LogP contribution in [0.1, 0.15) is 19.8 Å². The number of nitrogens with zero attached hydrogens (tertiary/aromatic N) is 2. The van der Waals surface area contributed by atoms with Gasteiger partial charge in [0.25, 0.3) is 5.69 Å². The molecular formula is C15H22N4O5S. The quantitative estimate of drug-likeness (QED) is 0.528. The average Bonchev–Trinajstić information content (AvgIpc) is 2.96. The van der Waals surface area contributed by atoms with Crippen LogP contribution in [-0.4, -0.2) is 49.8 Å². The highest BCUT2D eigenvalue weighted by atomic mass is 32.2. The number of benzene rings is 1. The summed E-state index contributed by atoms with van der Waals surface area (Å²) >= 11 is 0. The first-order valence-corrected chi connectivity index (χ1v) is 9.46. The summed E-state index contributed by atoms with van der Waals surface area (Å²) in [6.07, 6.45) is 0.872. The summed E-state index contributed by atoms with van der Waals surface area (Å²) in [7, 11) is -3.91. The highest BCUT2D eigenvalue weighted by molar-refractivity contribution is 7.89. The van der Waals surface area contributed by atoms with Crippen LogP contribution in [0.15, 0.2) is 29.2 Å². The van der Waals surface area contributed by atoms with Crippen molar-refractivity contribution in [3.63, 3.8) is 0 Å². The Morgan fingerprint density at radius 3 is 2.80 bits per heavy atom. The van der Waals surface area contributed by atoms with Gasteiger partial charge < -0.3 is 10.6 Å². The predicted octanol–water partition coefficient (Wildman–Crippen LogP) is 0.459. The second-order valence-corrected chi connectivity index (χ2v) is 7.90. The number of rotatable bonds is 7. The van der Waals surface area contributed by atoms with Crippen molar-refractivity contribution in [3.05, 3.63) is 34.4 Å². The second-order valence-electron chi connectivity index (χ2n) is 6.13. The number of nitro benzene ring substituents is 1. The number of hydrogen-bond donors (Lipinski definition) is 2. The van der Waals surface area contributed by atoms with Crippen molar-refractivity contribution in [3.8, 4) is 0 Å². The number of amides is 1. The van der Waals surface area contributed by atoms with E-state index >= 15 is 0 Å². The highest BCUT2D eigenvalue weighted by Gasteiger charge is 2.31. The van der Waals surface area contributed by atoms with Gasteiger partial charge in [-0.2, -0.15) is 0 Å². The minimum Gasteiger partial charge on any atom is -0.340 e. The molecule has 2 unspecified atom stereocenters. The molecule has 0 saturated carbocycles. The van der Waals surface area contributed by atoms with Crippen LogP contribution < -0.4 is 10.5 Å². The van der Waals surface area contributed by atoms with E-state index in [0.29, 0.717) is 13.1 Å². The first kappa shape index (κ1) is 19.3. The third-order valence-corrected chi connectivity index (χ3v) is 5.74. The van der Waals surface area contributed by atoms with E-state index in [1.54, 1.807) is 4.90 Å². The minimum atomic E-state index is -3.91. The maximum atomic E-state index is 12.2.